The summed E-state index contributed by atoms with van der Waals surface area (Å²) < 4.78 is 16.8. The van der Waals surface area contributed by atoms with E-state index in [4.69, 9.17) is 25.8 Å². The molecule has 1 heterocycles. The molecule has 31 heavy (non-hydrogen) atoms. The topological polar surface area (TPSA) is 107 Å². The Kier molecular flexibility index (Phi) is 7.68. The Morgan fingerprint density at radius 1 is 1.16 bits per heavy atom. The summed E-state index contributed by atoms with van der Waals surface area (Å²) in [5, 5.41) is 17.3. The highest BCUT2D eigenvalue weighted by Crippen LogP contribution is 2.36. The van der Waals surface area contributed by atoms with Crippen LogP contribution >= 0.6 is 46.0 Å². The number of nitrogens with one attached hydrogen (secondary N) is 1. The van der Waals surface area contributed by atoms with Gasteiger partial charge in [0.1, 0.15) is 10.7 Å². The molecule has 3 rings (SSSR count). The lowest BCUT2D eigenvalue weighted by Crippen LogP contribution is -1.98. The quantitative estimate of drug-likeness (QED) is 0.221. The number of methoxy groups -OCH3 is 3. The van der Waals surface area contributed by atoms with Crippen LogP contribution in [0.4, 0.5) is 0 Å². The van der Waals surface area contributed by atoms with Gasteiger partial charge in [-0.3, -0.25) is 5.10 Å². The zero-order chi connectivity index (χ0) is 22.5. The standard InChI is InChI=1S/C20H17ClIN3O5S/c1-28-14-5-4-11(21)9-12(14)18-23-20(25-24-18)31-16(19(26)27)8-10-6-13(22)17(30-3)15(7-10)29-2/h4-9H,1-3H3,(H,26,27)(H,23,24,25)/b16-8-. The number of benzene rings is 2. The number of aromatic nitrogens is 3. The molecule has 3 aromatic rings. The summed E-state index contributed by atoms with van der Waals surface area (Å²) in [6, 6.07) is 8.60. The Morgan fingerprint density at radius 3 is 2.55 bits per heavy atom. The van der Waals surface area contributed by atoms with Gasteiger partial charge < -0.3 is 19.3 Å². The van der Waals surface area contributed by atoms with Crippen molar-refractivity contribution in [1.29, 1.82) is 0 Å². The van der Waals surface area contributed by atoms with Crippen LogP contribution in [-0.4, -0.2) is 47.6 Å². The Bertz CT molecular complexity index is 1150. The molecule has 0 aliphatic carbocycles. The molecule has 2 N–H and O–H groups in total. The number of ether oxygens (including phenoxy) is 3. The Morgan fingerprint density at radius 2 is 1.90 bits per heavy atom. The Labute approximate surface area is 201 Å². The average Bonchev–Trinajstić information content (AvgIpc) is 3.21. The predicted molar refractivity (Wildman–Crippen MR) is 127 cm³/mol. The number of carboxylic acids is 1. The molecule has 11 heteroatoms. The molecule has 0 fully saturated rings. The minimum Gasteiger partial charge on any atom is -0.496 e. The fourth-order valence-corrected chi connectivity index (χ4v) is 4.41. The summed E-state index contributed by atoms with van der Waals surface area (Å²) in [6.45, 7) is 0. The van der Waals surface area contributed by atoms with Crippen molar-refractivity contribution in [1.82, 2.24) is 15.2 Å². The van der Waals surface area contributed by atoms with Crippen LogP contribution in [0.1, 0.15) is 5.56 Å². The van der Waals surface area contributed by atoms with Gasteiger partial charge in [-0.15, -0.1) is 5.10 Å². The maximum atomic E-state index is 11.8. The molecule has 0 amide bonds. The fourth-order valence-electron chi connectivity index (χ4n) is 2.68. The first-order chi connectivity index (χ1) is 14.9. The molecule has 0 saturated carbocycles. The van der Waals surface area contributed by atoms with Crippen molar-refractivity contribution in [2.45, 2.75) is 5.16 Å². The lowest BCUT2D eigenvalue weighted by molar-refractivity contribution is -0.131. The van der Waals surface area contributed by atoms with E-state index in [2.05, 4.69) is 37.8 Å². The number of aliphatic carboxylic acids is 1. The minimum absolute atomic E-state index is 0.0339. The third-order valence-electron chi connectivity index (χ3n) is 4.05. The monoisotopic (exact) mass is 573 g/mol. The van der Waals surface area contributed by atoms with Gasteiger partial charge in [0.25, 0.3) is 0 Å². The van der Waals surface area contributed by atoms with E-state index < -0.39 is 5.97 Å². The summed E-state index contributed by atoms with van der Waals surface area (Å²) in [5.74, 6) is 0.946. The van der Waals surface area contributed by atoms with Crippen LogP contribution in [0.5, 0.6) is 17.2 Å². The number of carboxylic acid groups (broad SMARTS) is 1. The molecule has 0 bridgehead atoms. The van der Waals surface area contributed by atoms with E-state index >= 15 is 0 Å². The number of carbonyl (C=O) groups is 1. The van der Waals surface area contributed by atoms with Gasteiger partial charge in [0, 0.05) is 5.02 Å². The molecule has 8 nitrogen and oxygen atoms in total. The Balaban J connectivity index is 1.93. The van der Waals surface area contributed by atoms with Gasteiger partial charge >= 0.3 is 5.97 Å². The molecule has 2 aromatic carbocycles. The van der Waals surface area contributed by atoms with E-state index in [-0.39, 0.29) is 10.1 Å². The molecule has 0 aliphatic heterocycles. The third kappa shape index (κ3) is 5.43. The van der Waals surface area contributed by atoms with E-state index in [9.17, 15) is 9.90 Å². The van der Waals surface area contributed by atoms with Gasteiger partial charge in [-0.1, -0.05) is 11.6 Å². The van der Waals surface area contributed by atoms with E-state index in [1.807, 2.05) is 0 Å². The number of halogens is 2. The van der Waals surface area contributed by atoms with Gasteiger partial charge in [0.15, 0.2) is 17.3 Å². The van der Waals surface area contributed by atoms with Crippen LogP contribution in [0.25, 0.3) is 17.5 Å². The first-order valence-electron chi connectivity index (χ1n) is 8.67. The molecule has 162 valence electrons. The zero-order valence-corrected chi connectivity index (χ0v) is 20.3. The SMILES string of the molecule is COc1ccc(Cl)cc1-c1nc(S/C(=C\c2cc(I)c(OC)c(OC)c2)C(=O)O)n[nH]1. The lowest BCUT2D eigenvalue weighted by atomic mass is 10.2. The number of aromatic amines is 1. The van der Waals surface area contributed by atoms with Gasteiger partial charge in [0.05, 0.1) is 30.5 Å². The molecule has 0 atom stereocenters. The number of thioether (sulfide) groups is 1. The maximum Gasteiger partial charge on any atom is 0.342 e. The van der Waals surface area contributed by atoms with Crippen molar-refractivity contribution in [2.24, 2.45) is 0 Å². The molecular formula is C20H17ClIN3O5S. The van der Waals surface area contributed by atoms with Crippen molar-refractivity contribution in [2.75, 3.05) is 21.3 Å². The van der Waals surface area contributed by atoms with Gasteiger partial charge in [-0.25, -0.2) is 9.78 Å². The molecule has 0 radical (unpaired) electrons. The highest BCUT2D eigenvalue weighted by Gasteiger charge is 2.17. The first kappa shape index (κ1) is 23.2. The number of hydrogen-bond acceptors (Lipinski definition) is 7. The number of rotatable bonds is 8. The third-order valence-corrected chi connectivity index (χ3v) is 5.96. The van der Waals surface area contributed by atoms with E-state index in [0.29, 0.717) is 39.2 Å². The maximum absolute atomic E-state index is 11.8. The molecular weight excluding hydrogens is 557 g/mol. The van der Waals surface area contributed by atoms with Gasteiger partial charge in [0.2, 0.25) is 5.16 Å². The van der Waals surface area contributed by atoms with Crippen LogP contribution in [0.15, 0.2) is 40.4 Å². The molecule has 0 saturated heterocycles. The van der Waals surface area contributed by atoms with Crippen molar-refractivity contribution in [3.63, 3.8) is 0 Å². The molecule has 0 unspecified atom stereocenters. The van der Waals surface area contributed by atoms with Crippen molar-refractivity contribution >= 4 is 58.0 Å². The van der Waals surface area contributed by atoms with Gasteiger partial charge in [-0.05, 0) is 76.3 Å². The second kappa shape index (κ2) is 10.2. The van der Waals surface area contributed by atoms with Crippen LogP contribution in [-0.2, 0) is 4.79 Å². The number of H-pyrrole nitrogens is 1. The summed E-state index contributed by atoms with van der Waals surface area (Å²) in [6.07, 6.45) is 1.52. The van der Waals surface area contributed by atoms with Crippen LogP contribution in [0.3, 0.4) is 0 Å². The van der Waals surface area contributed by atoms with Crippen LogP contribution in [0, 0.1) is 3.57 Å². The molecule has 0 aliphatic rings. The second-order valence-corrected chi connectivity index (χ2v) is 8.57. The number of hydrogen-bond donors (Lipinski definition) is 2. The van der Waals surface area contributed by atoms with Gasteiger partial charge in [-0.2, -0.15) is 0 Å². The summed E-state index contributed by atoms with van der Waals surface area (Å²) in [4.78, 5) is 16.3. The molecule has 1 aromatic heterocycles. The van der Waals surface area contributed by atoms with Crippen LogP contribution in [0.2, 0.25) is 5.02 Å². The van der Waals surface area contributed by atoms with E-state index in [0.717, 1.165) is 15.3 Å². The minimum atomic E-state index is -1.11. The van der Waals surface area contributed by atoms with Crippen molar-refractivity contribution in [3.8, 4) is 28.6 Å². The largest absolute Gasteiger partial charge is 0.496 e. The lowest BCUT2D eigenvalue weighted by Gasteiger charge is -2.10. The smallest absolute Gasteiger partial charge is 0.342 e. The summed E-state index contributed by atoms with van der Waals surface area (Å²) in [7, 11) is 4.60. The van der Waals surface area contributed by atoms with Crippen LogP contribution < -0.4 is 14.2 Å². The normalized spacial score (nSPS) is 11.3. The highest BCUT2D eigenvalue weighted by atomic mass is 127. The second-order valence-electron chi connectivity index (χ2n) is 5.97. The molecule has 0 spiro atoms. The van der Waals surface area contributed by atoms with E-state index in [1.54, 1.807) is 37.4 Å². The predicted octanol–water partition coefficient (Wildman–Crippen LogP) is 4.97. The summed E-state index contributed by atoms with van der Waals surface area (Å²) >= 11 is 9.09. The van der Waals surface area contributed by atoms with Crippen molar-refractivity contribution < 1.29 is 24.1 Å². The van der Waals surface area contributed by atoms with Crippen molar-refractivity contribution in [3.05, 3.63) is 49.4 Å². The average molecular weight is 574 g/mol. The zero-order valence-electron chi connectivity index (χ0n) is 16.6. The Hall–Kier alpha value is -2.44. The first-order valence-corrected chi connectivity index (χ1v) is 10.9. The fraction of sp³-hybridized carbons (Fsp3) is 0.150. The number of nitrogens with zero attached hydrogens (tertiary/aromatic N) is 2. The highest BCUT2D eigenvalue weighted by molar-refractivity contribution is 14.1. The summed E-state index contributed by atoms with van der Waals surface area (Å²) in [5.41, 5.74) is 1.25. The van der Waals surface area contributed by atoms with E-state index in [1.165, 1.54) is 20.3 Å².